The normalized spacial score (nSPS) is 22.8. The number of fused-ring (bicyclic) bond motifs is 2. The molecule has 0 amide bonds. The Balaban J connectivity index is 1.37. The van der Waals surface area contributed by atoms with Gasteiger partial charge in [0.2, 0.25) is 0 Å². The van der Waals surface area contributed by atoms with Crippen LogP contribution >= 0.6 is 27.5 Å². The van der Waals surface area contributed by atoms with E-state index in [0.29, 0.717) is 48.8 Å². The summed E-state index contributed by atoms with van der Waals surface area (Å²) in [6.45, 7) is 18.7. The molecule has 2 aliphatic heterocycles. The van der Waals surface area contributed by atoms with E-state index >= 15 is 0 Å². The molecule has 2 aliphatic rings. The summed E-state index contributed by atoms with van der Waals surface area (Å²) in [6.07, 6.45) is -0.839. The predicted molar refractivity (Wildman–Crippen MR) is 175 cm³/mol. The number of hydrogen-bond acceptors (Lipinski definition) is 7. The first-order chi connectivity index (χ1) is 19.8. The van der Waals surface area contributed by atoms with E-state index in [1.165, 1.54) is 0 Å². The zero-order chi connectivity index (χ0) is 30.2. The number of hydrogen-bond donors (Lipinski definition) is 0. The molecule has 4 heterocycles. The fraction of sp³-hybridized carbons (Fsp3) is 0.600. The Kier molecular flexibility index (Phi) is 9.90. The smallest absolute Gasteiger partial charge is 0.301 e. The number of aromatic nitrogens is 3. The second-order valence-electron chi connectivity index (χ2n) is 13.3. The second-order valence-corrected chi connectivity index (χ2v) is 23.6. The maximum atomic E-state index is 6.78. The molecule has 2 saturated heterocycles. The Bertz CT molecular complexity index is 1380. The van der Waals surface area contributed by atoms with Crippen LogP contribution in [0.25, 0.3) is 22.4 Å². The van der Waals surface area contributed by atoms with Crippen molar-refractivity contribution in [2.45, 2.75) is 88.8 Å². The van der Waals surface area contributed by atoms with Gasteiger partial charge < -0.3 is 23.7 Å². The lowest BCUT2D eigenvalue weighted by atomic mass is 10.1. The van der Waals surface area contributed by atoms with Crippen molar-refractivity contribution in [1.82, 2.24) is 14.5 Å². The van der Waals surface area contributed by atoms with Crippen LogP contribution in [0, 0.1) is 0 Å². The van der Waals surface area contributed by atoms with Gasteiger partial charge in [-0.15, -0.1) is 0 Å². The van der Waals surface area contributed by atoms with Crippen LogP contribution in [-0.4, -0.2) is 82.2 Å². The van der Waals surface area contributed by atoms with Gasteiger partial charge in [0.15, 0.2) is 11.8 Å². The number of imidazole rings is 1. The highest BCUT2D eigenvalue weighted by Gasteiger charge is 2.50. The van der Waals surface area contributed by atoms with Gasteiger partial charge in [-0.3, -0.25) is 4.57 Å². The van der Waals surface area contributed by atoms with Crippen LogP contribution in [0.15, 0.2) is 34.8 Å². The summed E-state index contributed by atoms with van der Waals surface area (Å²) in [6, 6.07) is 11.3. The lowest BCUT2D eigenvalue weighted by Crippen LogP contribution is -2.37. The summed E-state index contributed by atoms with van der Waals surface area (Å²) < 4.78 is 34.3. The van der Waals surface area contributed by atoms with Crippen molar-refractivity contribution in [3.05, 3.63) is 39.8 Å². The lowest BCUT2D eigenvalue weighted by Gasteiger charge is -2.30. The minimum atomic E-state index is -1.24. The molecular formula is C30H42BrClN3O5Si2. The lowest BCUT2D eigenvalue weighted by molar-refractivity contribution is -0.0423. The zero-order valence-corrected chi connectivity index (χ0v) is 29.9. The molecule has 0 bridgehead atoms. The first-order valence-corrected chi connectivity index (χ1v) is 21.9. The molecule has 42 heavy (non-hydrogen) atoms. The predicted octanol–water partition coefficient (Wildman–Crippen LogP) is 7.29. The van der Waals surface area contributed by atoms with Gasteiger partial charge in [0.1, 0.15) is 25.0 Å². The highest BCUT2D eigenvalue weighted by molar-refractivity contribution is 9.10. The molecule has 5 rings (SSSR count). The van der Waals surface area contributed by atoms with Crippen molar-refractivity contribution >= 4 is 55.6 Å². The quantitative estimate of drug-likeness (QED) is 0.146. The van der Waals surface area contributed by atoms with Gasteiger partial charge >= 0.3 is 6.01 Å². The highest BCUT2D eigenvalue weighted by Crippen LogP contribution is 2.36. The first-order valence-electron chi connectivity index (χ1n) is 14.5. The van der Waals surface area contributed by atoms with Crippen molar-refractivity contribution in [3.63, 3.8) is 0 Å². The maximum absolute atomic E-state index is 6.78. The highest BCUT2D eigenvalue weighted by atomic mass is 79.9. The fourth-order valence-electron chi connectivity index (χ4n) is 4.83. The molecule has 0 saturated carbocycles. The number of benzene rings is 1. The van der Waals surface area contributed by atoms with Crippen molar-refractivity contribution in [1.29, 1.82) is 0 Å². The largest absolute Gasteiger partial charge is 0.456 e. The van der Waals surface area contributed by atoms with E-state index < -0.39 is 16.9 Å². The van der Waals surface area contributed by atoms with Crippen LogP contribution in [0.2, 0.25) is 48.8 Å². The Hall–Kier alpha value is -1.32. The van der Waals surface area contributed by atoms with E-state index in [0.717, 1.165) is 21.6 Å². The van der Waals surface area contributed by atoms with Crippen molar-refractivity contribution < 1.29 is 23.7 Å². The fourth-order valence-corrected chi connectivity index (χ4v) is 6.48. The molecule has 0 aliphatic carbocycles. The van der Waals surface area contributed by atoms with Crippen LogP contribution in [0.1, 0.15) is 13.8 Å². The van der Waals surface area contributed by atoms with Gasteiger partial charge in [-0.25, -0.2) is 4.98 Å². The number of nitrogens with zero attached hydrogens (tertiary/aromatic N) is 3. The monoisotopic (exact) mass is 694 g/mol. The Labute approximate surface area is 265 Å². The summed E-state index contributed by atoms with van der Waals surface area (Å²) in [5.74, 6) is 0. The molecule has 4 atom stereocenters. The van der Waals surface area contributed by atoms with Crippen LogP contribution in [0.5, 0.6) is 6.01 Å². The molecule has 12 heteroatoms. The zero-order valence-electron chi connectivity index (χ0n) is 25.6. The van der Waals surface area contributed by atoms with Crippen molar-refractivity contribution in [2.24, 2.45) is 0 Å². The van der Waals surface area contributed by atoms with Crippen LogP contribution in [0.4, 0.5) is 0 Å². The van der Waals surface area contributed by atoms with Crippen LogP contribution in [0.3, 0.4) is 0 Å². The standard InChI is InChI=1S/C30H42BrClN3O5Si2/c1-30(2,41(3)4)17-39-23-15-37-27-24(16-38-26(23)27)40-29-34-28-22(35(29)18-36-12-13-42(5,6)7)14-21(32)25(33-28)19-8-10-20(31)11-9-19/h8-11,14,23-24,26-27H,12-13,15-18H2,1-7H3/t23-,24-,26+,27-/m1/s1. The topological polar surface area (TPSA) is 76.9 Å². The third-order valence-electron chi connectivity index (χ3n) is 8.23. The van der Waals surface area contributed by atoms with Crippen LogP contribution < -0.4 is 4.74 Å². The summed E-state index contributed by atoms with van der Waals surface area (Å²) >= 11 is 10.3. The maximum Gasteiger partial charge on any atom is 0.301 e. The van der Waals surface area contributed by atoms with Crippen LogP contribution in [-0.2, 0) is 25.7 Å². The Morgan fingerprint density at radius 1 is 1.07 bits per heavy atom. The molecule has 0 unspecified atom stereocenters. The first kappa shape index (κ1) is 32.1. The summed E-state index contributed by atoms with van der Waals surface area (Å²) in [5, 5.41) is 0.704. The third kappa shape index (κ3) is 7.31. The summed E-state index contributed by atoms with van der Waals surface area (Å²) in [5.41, 5.74) is 2.88. The number of pyridine rings is 1. The van der Waals surface area contributed by atoms with Gasteiger partial charge in [0.05, 0.1) is 38.2 Å². The minimum Gasteiger partial charge on any atom is -0.456 e. The minimum absolute atomic E-state index is 0.109. The molecule has 0 spiro atoms. The Morgan fingerprint density at radius 2 is 1.74 bits per heavy atom. The average molecular weight is 696 g/mol. The third-order valence-corrected chi connectivity index (χ3v) is 13.6. The van der Waals surface area contributed by atoms with E-state index in [1.54, 1.807) is 0 Å². The van der Waals surface area contributed by atoms with Gasteiger partial charge in [-0.1, -0.05) is 86.2 Å². The molecule has 1 aromatic carbocycles. The molecule has 2 aromatic heterocycles. The van der Waals surface area contributed by atoms with Gasteiger partial charge in [-0.05, 0) is 29.3 Å². The van der Waals surface area contributed by atoms with E-state index in [4.69, 9.17) is 45.3 Å². The number of rotatable bonds is 12. The average Bonchev–Trinajstić information content (AvgIpc) is 3.60. The molecular weight excluding hydrogens is 654 g/mol. The van der Waals surface area contributed by atoms with Gasteiger partial charge in [-0.2, -0.15) is 4.98 Å². The van der Waals surface area contributed by atoms with Crippen molar-refractivity contribution in [2.75, 3.05) is 26.4 Å². The number of halogens is 2. The molecule has 1 radical (unpaired) electrons. The molecule has 0 N–H and O–H groups in total. The molecule has 2 fully saturated rings. The van der Waals surface area contributed by atoms with E-state index in [9.17, 15) is 0 Å². The van der Waals surface area contributed by atoms with Gasteiger partial charge in [0, 0.05) is 31.3 Å². The Morgan fingerprint density at radius 3 is 2.40 bits per heavy atom. The SMILES string of the molecule is C[Si](C)C(C)(C)CO[C@@H]1CO[C@H]2[C@H]1OC[C@H]2Oc1nc2nc(-c3ccc(Br)cc3)c(Cl)cc2n1COCC[Si](C)(C)C. The molecule has 3 aromatic rings. The number of ether oxygens (including phenoxy) is 5. The van der Waals surface area contributed by atoms with Gasteiger partial charge in [0.25, 0.3) is 0 Å². The second kappa shape index (κ2) is 13.0. The van der Waals surface area contributed by atoms with Crippen molar-refractivity contribution in [3.8, 4) is 17.3 Å². The van der Waals surface area contributed by atoms with E-state index in [2.05, 4.69) is 62.5 Å². The molecule has 229 valence electrons. The summed E-state index contributed by atoms with van der Waals surface area (Å²) in [4.78, 5) is 9.67. The van der Waals surface area contributed by atoms with E-state index in [1.807, 2.05) is 34.9 Å². The summed E-state index contributed by atoms with van der Waals surface area (Å²) in [7, 11) is -1.75. The van der Waals surface area contributed by atoms with E-state index in [-0.39, 0.29) is 36.2 Å². The molecule has 8 nitrogen and oxygen atoms in total.